The van der Waals surface area contributed by atoms with E-state index in [0.29, 0.717) is 19.5 Å². The predicted molar refractivity (Wildman–Crippen MR) is 122 cm³/mol. The van der Waals surface area contributed by atoms with Crippen molar-refractivity contribution in [2.45, 2.75) is 19.8 Å². The first-order valence-electron chi connectivity index (χ1n) is 10.6. The van der Waals surface area contributed by atoms with Crippen LogP contribution in [0.2, 0.25) is 0 Å². The molecule has 2 atom stereocenters. The number of nitrogens with zero attached hydrogens (tertiary/aromatic N) is 4. The van der Waals surface area contributed by atoms with Gasteiger partial charge in [0.05, 0.1) is 6.61 Å². The van der Waals surface area contributed by atoms with Gasteiger partial charge in [0.25, 0.3) is 6.47 Å². The molecule has 2 aromatic heterocycles. The number of para-hydroxylation sites is 1. The van der Waals surface area contributed by atoms with Crippen LogP contribution in [0.15, 0.2) is 30.5 Å². The van der Waals surface area contributed by atoms with Gasteiger partial charge in [-0.15, -0.1) is 10.2 Å². The molecule has 2 saturated heterocycles. The number of aliphatic hydroxyl groups is 1. The number of benzene rings is 1. The van der Waals surface area contributed by atoms with E-state index in [2.05, 4.69) is 32.2 Å². The van der Waals surface area contributed by atoms with Crippen molar-refractivity contribution >= 4 is 39.8 Å². The molecule has 0 bridgehead atoms. The van der Waals surface area contributed by atoms with Gasteiger partial charge < -0.3 is 25.0 Å². The van der Waals surface area contributed by atoms with Gasteiger partial charge in [0.2, 0.25) is 11.0 Å². The fourth-order valence-electron chi connectivity index (χ4n) is 4.89. The number of H-pyrrole nitrogens is 1. The van der Waals surface area contributed by atoms with Crippen LogP contribution in [0.1, 0.15) is 17.0 Å². The number of aromatic amines is 1. The lowest BCUT2D eigenvalue weighted by molar-refractivity contribution is -0.130. The molecule has 1 amide bonds. The highest BCUT2D eigenvalue weighted by molar-refractivity contribution is 7.15. The second-order valence-corrected chi connectivity index (χ2v) is 9.60. The number of hydrogen-bond acceptors (Lipinski definition) is 7. The quantitative estimate of drug-likeness (QED) is 0.500. The number of aliphatic hydroxyl groups excluding tert-OH is 1. The lowest BCUT2D eigenvalue weighted by Crippen LogP contribution is -2.39. The van der Waals surface area contributed by atoms with E-state index >= 15 is 0 Å². The van der Waals surface area contributed by atoms with Crippen LogP contribution < -0.4 is 4.90 Å². The molecular formula is C22H27N5O4S. The molecule has 3 aromatic rings. The Bertz CT molecular complexity index is 1100. The fraction of sp³-hybridized carbons (Fsp3) is 0.455. The molecule has 32 heavy (non-hydrogen) atoms. The molecular weight excluding hydrogens is 430 g/mol. The zero-order chi connectivity index (χ0) is 22.7. The number of anilines is 1. The molecule has 5 rings (SSSR count). The summed E-state index contributed by atoms with van der Waals surface area (Å²) < 4.78 is 0. The molecule has 0 unspecified atom stereocenters. The van der Waals surface area contributed by atoms with Crippen molar-refractivity contribution in [2.75, 3.05) is 37.7 Å². The monoisotopic (exact) mass is 457 g/mol. The molecule has 1 aromatic carbocycles. The third kappa shape index (κ3) is 4.20. The van der Waals surface area contributed by atoms with Crippen LogP contribution in [-0.4, -0.2) is 75.5 Å². The third-order valence-corrected chi connectivity index (χ3v) is 7.40. The molecule has 9 nitrogen and oxygen atoms in total. The minimum absolute atomic E-state index is 0.0954. The number of nitrogens with one attached hydrogen (secondary N) is 1. The third-order valence-electron chi connectivity index (χ3n) is 6.50. The fourth-order valence-corrected chi connectivity index (χ4v) is 5.59. The number of fused-ring (bicyclic) bond motifs is 2. The molecule has 170 valence electrons. The zero-order valence-corrected chi connectivity index (χ0v) is 18.7. The van der Waals surface area contributed by atoms with Gasteiger partial charge in [-0.2, -0.15) is 0 Å². The summed E-state index contributed by atoms with van der Waals surface area (Å²) in [6.07, 6.45) is 3.23. The van der Waals surface area contributed by atoms with E-state index in [1.54, 1.807) is 11.3 Å². The summed E-state index contributed by atoms with van der Waals surface area (Å²) in [6.45, 7) is 4.68. The summed E-state index contributed by atoms with van der Waals surface area (Å²) in [4.78, 5) is 28.7. The number of aryl methyl sites for hydroxylation is 2. The first-order chi connectivity index (χ1) is 15.5. The van der Waals surface area contributed by atoms with Gasteiger partial charge >= 0.3 is 0 Å². The van der Waals surface area contributed by atoms with Crippen molar-refractivity contribution in [1.29, 1.82) is 0 Å². The maximum absolute atomic E-state index is 12.9. The lowest BCUT2D eigenvalue weighted by Gasteiger charge is -2.27. The Morgan fingerprint density at radius 3 is 2.78 bits per heavy atom. The molecule has 2 fully saturated rings. The van der Waals surface area contributed by atoms with Gasteiger partial charge in [0.1, 0.15) is 5.01 Å². The molecule has 2 aliphatic rings. The Kier molecular flexibility index (Phi) is 6.43. The molecule has 0 radical (unpaired) electrons. The summed E-state index contributed by atoms with van der Waals surface area (Å²) in [5.41, 5.74) is 2.04. The second-order valence-electron chi connectivity index (χ2n) is 8.44. The number of carbonyl (C=O) groups is 2. The topological polar surface area (TPSA) is 123 Å². The number of hydrogen-bond donors (Lipinski definition) is 3. The average molecular weight is 458 g/mol. The van der Waals surface area contributed by atoms with E-state index in [4.69, 9.17) is 9.90 Å². The molecule has 2 aliphatic heterocycles. The summed E-state index contributed by atoms with van der Waals surface area (Å²) in [5.74, 6) is 0.449. The Morgan fingerprint density at radius 1 is 1.31 bits per heavy atom. The standard InChI is InChI=1S/C21H25N5O2S.CH2O2/c1-14-23-24-20(29-14)26-10-16-9-25(11-21(16,12-26)13-27)19(28)7-6-15-8-22-18-5-3-2-4-17(15)18;2-1-3/h2-5,8,16,22,27H,6-7,9-13H2,1H3;1H,(H,2,3)/t16-,21+;/m1./s1. The predicted octanol–water partition coefficient (Wildman–Crippen LogP) is 1.92. The minimum atomic E-state index is -0.254. The van der Waals surface area contributed by atoms with Crippen LogP contribution in [0.5, 0.6) is 0 Å². The first-order valence-corrected chi connectivity index (χ1v) is 11.4. The molecule has 0 saturated carbocycles. The number of rotatable bonds is 5. The van der Waals surface area contributed by atoms with Crippen molar-refractivity contribution in [1.82, 2.24) is 20.1 Å². The van der Waals surface area contributed by atoms with Gasteiger partial charge in [0, 0.05) is 61.0 Å². The first kappa shape index (κ1) is 22.2. The second kappa shape index (κ2) is 9.25. The van der Waals surface area contributed by atoms with E-state index in [1.165, 1.54) is 10.9 Å². The van der Waals surface area contributed by atoms with Crippen molar-refractivity contribution in [3.05, 3.63) is 41.0 Å². The maximum atomic E-state index is 12.9. The van der Waals surface area contributed by atoms with E-state index in [1.807, 2.05) is 30.2 Å². The van der Waals surface area contributed by atoms with Crippen LogP contribution in [0, 0.1) is 18.3 Å². The zero-order valence-electron chi connectivity index (χ0n) is 17.9. The summed E-state index contributed by atoms with van der Waals surface area (Å²) in [7, 11) is 0. The van der Waals surface area contributed by atoms with Crippen LogP contribution in [-0.2, 0) is 16.0 Å². The van der Waals surface area contributed by atoms with E-state index in [0.717, 1.165) is 35.2 Å². The normalized spacial score (nSPS) is 22.0. The molecule has 4 heterocycles. The Labute approximate surface area is 189 Å². The Morgan fingerprint density at radius 2 is 2.09 bits per heavy atom. The van der Waals surface area contributed by atoms with E-state index in [9.17, 15) is 9.90 Å². The SMILES string of the molecule is Cc1nnc(N2C[C@H]3CN(C(=O)CCc4c[nH]c5ccccc45)C[C@@]3(CO)C2)s1.O=CO. The minimum Gasteiger partial charge on any atom is -0.483 e. The Balaban J connectivity index is 0.000000775. The van der Waals surface area contributed by atoms with Crippen LogP contribution in [0.4, 0.5) is 5.13 Å². The maximum Gasteiger partial charge on any atom is 0.290 e. The van der Waals surface area contributed by atoms with Crippen LogP contribution in [0.25, 0.3) is 10.9 Å². The summed E-state index contributed by atoms with van der Waals surface area (Å²) in [5, 5.41) is 28.5. The number of aromatic nitrogens is 3. The van der Waals surface area contributed by atoms with E-state index in [-0.39, 0.29) is 30.3 Å². The highest BCUT2D eigenvalue weighted by atomic mass is 32.1. The summed E-state index contributed by atoms with van der Waals surface area (Å²) in [6, 6.07) is 8.19. The van der Waals surface area contributed by atoms with Crippen LogP contribution in [0.3, 0.4) is 0 Å². The Hall–Kier alpha value is -2.98. The number of likely N-dealkylation sites (tertiary alicyclic amines) is 1. The largest absolute Gasteiger partial charge is 0.483 e. The van der Waals surface area contributed by atoms with E-state index < -0.39 is 0 Å². The van der Waals surface area contributed by atoms with Gasteiger partial charge in [0.15, 0.2) is 0 Å². The van der Waals surface area contributed by atoms with Crippen molar-refractivity contribution in [2.24, 2.45) is 11.3 Å². The van der Waals surface area contributed by atoms with Crippen LogP contribution >= 0.6 is 11.3 Å². The molecule has 3 N–H and O–H groups in total. The number of amides is 1. The lowest BCUT2D eigenvalue weighted by atomic mass is 9.82. The molecule has 0 spiro atoms. The van der Waals surface area contributed by atoms with Gasteiger partial charge in [-0.1, -0.05) is 29.5 Å². The van der Waals surface area contributed by atoms with Crippen molar-refractivity contribution < 1.29 is 19.8 Å². The van der Waals surface area contributed by atoms with Gasteiger partial charge in [-0.05, 0) is 25.0 Å². The average Bonchev–Trinajstić information content (AvgIpc) is 3.54. The van der Waals surface area contributed by atoms with Crippen molar-refractivity contribution in [3.8, 4) is 0 Å². The summed E-state index contributed by atoms with van der Waals surface area (Å²) >= 11 is 1.59. The molecule has 0 aliphatic carbocycles. The smallest absolute Gasteiger partial charge is 0.290 e. The highest BCUT2D eigenvalue weighted by Crippen LogP contribution is 2.44. The molecule has 10 heteroatoms. The highest BCUT2D eigenvalue weighted by Gasteiger charge is 2.53. The number of carbonyl (C=O) groups excluding carboxylic acids is 1. The van der Waals surface area contributed by atoms with Crippen molar-refractivity contribution in [3.63, 3.8) is 0 Å². The van der Waals surface area contributed by atoms with Gasteiger partial charge in [-0.3, -0.25) is 9.59 Å². The number of carboxylic acid groups (broad SMARTS) is 1. The van der Waals surface area contributed by atoms with Gasteiger partial charge in [-0.25, -0.2) is 0 Å².